The summed E-state index contributed by atoms with van der Waals surface area (Å²) >= 11 is 0. The Balaban J connectivity index is 2.27. The monoisotopic (exact) mass is 331 g/mol. The zero-order valence-corrected chi connectivity index (χ0v) is 13.1. The molecule has 0 radical (unpaired) electrons. The minimum Gasteiger partial charge on any atom is -0.495 e. The van der Waals surface area contributed by atoms with Crippen LogP contribution in [-0.4, -0.2) is 18.8 Å². The molecule has 1 amide bonds. The lowest BCUT2D eigenvalue weighted by molar-refractivity contribution is -0.114. The van der Waals surface area contributed by atoms with Gasteiger partial charge in [-0.25, -0.2) is 8.78 Å². The van der Waals surface area contributed by atoms with Crippen LogP contribution in [0.2, 0.25) is 0 Å². The number of amides is 1. The average molecular weight is 331 g/mol. The summed E-state index contributed by atoms with van der Waals surface area (Å²) < 4.78 is 31.8. The number of anilines is 1. The maximum absolute atomic E-state index is 13.5. The molecule has 4 nitrogen and oxygen atoms in total. The van der Waals surface area contributed by atoms with Crippen LogP contribution in [0.25, 0.3) is 6.08 Å². The second-order valence-electron chi connectivity index (χ2n) is 4.96. The molecular weight excluding hydrogens is 316 g/mol. The van der Waals surface area contributed by atoms with Crippen LogP contribution in [0.1, 0.15) is 22.8 Å². The molecule has 0 aliphatic rings. The fourth-order valence-corrected chi connectivity index (χ4v) is 2.05. The highest BCUT2D eigenvalue weighted by atomic mass is 19.1. The zero-order chi connectivity index (χ0) is 17.7. The minimum atomic E-state index is -0.630. The molecular formula is C18H15F2NO3. The molecule has 0 heterocycles. The van der Waals surface area contributed by atoms with Gasteiger partial charge in [0.25, 0.3) is 0 Å². The van der Waals surface area contributed by atoms with Crippen LogP contribution in [-0.2, 0) is 4.79 Å². The first-order valence-corrected chi connectivity index (χ1v) is 7.04. The van der Waals surface area contributed by atoms with Crippen molar-refractivity contribution in [2.45, 2.75) is 6.92 Å². The van der Waals surface area contributed by atoms with Crippen LogP contribution >= 0.6 is 0 Å². The van der Waals surface area contributed by atoms with Crippen LogP contribution in [0, 0.1) is 11.6 Å². The van der Waals surface area contributed by atoms with E-state index in [-0.39, 0.29) is 17.0 Å². The van der Waals surface area contributed by atoms with E-state index >= 15 is 0 Å². The second-order valence-corrected chi connectivity index (χ2v) is 4.96. The van der Waals surface area contributed by atoms with Crippen molar-refractivity contribution in [1.29, 1.82) is 0 Å². The van der Waals surface area contributed by atoms with Gasteiger partial charge in [0.1, 0.15) is 17.4 Å². The second kappa shape index (κ2) is 7.50. The van der Waals surface area contributed by atoms with Gasteiger partial charge >= 0.3 is 0 Å². The number of nitrogens with one attached hydrogen (secondary N) is 1. The molecule has 2 rings (SSSR count). The predicted octanol–water partition coefficient (Wildman–Crippen LogP) is 3.83. The van der Waals surface area contributed by atoms with Crippen molar-refractivity contribution in [1.82, 2.24) is 0 Å². The van der Waals surface area contributed by atoms with Crippen LogP contribution in [0.3, 0.4) is 0 Å². The van der Waals surface area contributed by atoms with Crippen LogP contribution in [0.5, 0.6) is 5.75 Å². The Morgan fingerprint density at radius 1 is 1.12 bits per heavy atom. The summed E-state index contributed by atoms with van der Waals surface area (Å²) in [6.07, 6.45) is 2.33. The molecule has 0 aliphatic carbocycles. The largest absolute Gasteiger partial charge is 0.495 e. The number of ether oxygens (including phenoxy) is 1. The van der Waals surface area contributed by atoms with Crippen molar-refractivity contribution in [3.8, 4) is 5.75 Å². The highest BCUT2D eigenvalue weighted by Crippen LogP contribution is 2.26. The van der Waals surface area contributed by atoms with E-state index in [1.54, 1.807) is 0 Å². The highest BCUT2D eigenvalue weighted by Gasteiger charge is 2.10. The van der Waals surface area contributed by atoms with Gasteiger partial charge in [0.15, 0.2) is 5.78 Å². The molecule has 0 fully saturated rings. The molecule has 0 atom stereocenters. The molecule has 0 aliphatic heterocycles. The van der Waals surface area contributed by atoms with Crippen molar-refractivity contribution >= 4 is 23.5 Å². The molecule has 1 N–H and O–H groups in total. The summed E-state index contributed by atoms with van der Waals surface area (Å²) in [4.78, 5) is 23.4. The molecule has 0 unspecified atom stereocenters. The smallest absolute Gasteiger partial charge is 0.221 e. The number of hydrogen-bond acceptors (Lipinski definition) is 3. The van der Waals surface area contributed by atoms with Gasteiger partial charge in [0, 0.05) is 18.1 Å². The Morgan fingerprint density at radius 2 is 1.88 bits per heavy atom. The van der Waals surface area contributed by atoms with Crippen molar-refractivity contribution in [3.63, 3.8) is 0 Å². The number of methoxy groups -OCH3 is 1. The number of halogens is 2. The standard InChI is InChI=1S/C18H15F2NO3/c1-11(22)21-16-10-13(4-8-18(16)24-2)17(23)7-3-12-9-14(19)5-6-15(12)20/h3-10H,1-2H3,(H,21,22)/b7-3+. The van der Waals surface area contributed by atoms with E-state index in [4.69, 9.17) is 4.74 Å². The first-order valence-electron chi connectivity index (χ1n) is 7.04. The fraction of sp³-hybridized carbons (Fsp3) is 0.111. The number of carbonyl (C=O) groups is 2. The number of carbonyl (C=O) groups excluding carboxylic acids is 2. The quantitative estimate of drug-likeness (QED) is 0.669. The van der Waals surface area contributed by atoms with Gasteiger partial charge in [-0.2, -0.15) is 0 Å². The highest BCUT2D eigenvalue weighted by molar-refractivity contribution is 6.08. The lowest BCUT2D eigenvalue weighted by atomic mass is 10.1. The number of benzene rings is 2. The van der Waals surface area contributed by atoms with Crippen LogP contribution in [0.4, 0.5) is 14.5 Å². The third kappa shape index (κ3) is 4.25. The normalized spacial score (nSPS) is 10.7. The van der Waals surface area contributed by atoms with Gasteiger partial charge in [-0.15, -0.1) is 0 Å². The molecule has 124 valence electrons. The summed E-state index contributed by atoms with van der Waals surface area (Å²) in [5, 5.41) is 2.56. The van der Waals surface area contributed by atoms with Gasteiger partial charge in [0.05, 0.1) is 12.8 Å². The Labute approximate surface area is 137 Å². The van der Waals surface area contributed by atoms with E-state index in [1.807, 2.05) is 0 Å². The summed E-state index contributed by atoms with van der Waals surface area (Å²) in [5.74, 6) is -1.56. The first kappa shape index (κ1) is 17.3. The SMILES string of the molecule is COc1ccc(C(=O)/C=C/c2cc(F)ccc2F)cc1NC(C)=O. The maximum atomic E-state index is 13.5. The van der Waals surface area contributed by atoms with E-state index < -0.39 is 17.4 Å². The molecule has 0 bridgehead atoms. The average Bonchev–Trinajstić information content (AvgIpc) is 2.54. The fourth-order valence-electron chi connectivity index (χ4n) is 2.05. The summed E-state index contributed by atoms with van der Waals surface area (Å²) in [7, 11) is 1.44. The Morgan fingerprint density at radius 3 is 2.54 bits per heavy atom. The van der Waals surface area contributed by atoms with Crippen molar-refractivity contribution in [3.05, 3.63) is 65.2 Å². The minimum absolute atomic E-state index is 0.0288. The number of rotatable bonds is 5. The van der Waals surface area contributed by atoms with Gasteiger partial charge < -0.3 is 10.1 Å². The van der Waals surface area contributed by atoms with Crippen molar-refractivity contribution < 1.29 is 23.1 Å². The molecule has 0 aromatic heterocycles. The zero-order valence-electron chi connectivity index (χ0n) is 13.1. The molecule has 2 aromatic rings. The molecule has 0 spiro atoms. The number of ketones is 1. The molecule has 2 aromatic carbocycles. The predicted molar refractivity (Wildman–Crippen MR) is 87.0 cm³/mol. The van der Waals surface area contributed by atoms with Crippen molar-refractivity contribution in [2.75, 3.05) is 12.4 Å². The summed E-state index contributed by atoms with van der Waals surface area (Å²) in [6.45, 7) is 1.33. The van der Waals surface area contributed by atoms with E-state index in [0.29, 0.717) is 11.4 Å². The Hall–Kier alpha value is -3.02. The number of hydrogen-bond donors (Lipinski definition) is 1. The van der Waals surface area contributed by atoms with Crippen LogP contribution in [0.15, 0.2) is 42.5 Å². The van der Waals surface area contributed by atoms with Gasteiger partial charge in [-0.3, -0.25) is 9.59 Å². The summed E-state index contributed by atoms with van der Waals surface area (Å²) in [6, 6.07) is 7.48. The third-order valence-electron chi connectivity index (χ3n) is 3.17. The van der Waals surface area contributed by atoms with Crippen molar-refractivity contribution in [2.24, 2.45) is 0 Å². The lowest BCUT2D eigenvalue weighted by Crippen LogP contribution is -2.08. The van der Waals surface area contributed by atoms with Gasteiger partial charge in [0.2, 0.25) is 5.91 Å². The van der Waals surface area contributed by atoms with E-state index in [1.165, 1.54) is 38.3 Å². The van der Waals surface area contributed by atoms with E-state index in [0.717, 1.165) is 24.3 Å². The Bertz CT molecular complexity index is 816. The van der Waals surface area contributed by atoms with E-state index in [9.17, 15) is 18.4 Å². The third-order valence-corrected chi connectivity index (χ3v) is 3.17. The van der Waals surface area contributed by atoms with Crippen LogP contribution < -0.4 is 10.1 Å². The number of allylic oxidation sites excluding steroid dienone is 1. The summed E-state index contributed by atoms with van der Waals surface area (Å²) in [5.41, 5.74) is 0.591. The maximum Gasteiger partial charge on any atom is 0.221 e. The molecule has 24 heavy (non-hydrogen) atoms. The molecule has 0 saturated carbocycles. The van der Waals surface area contributed by atoms with Gasteiger partial charge in [-0.1, -0.05) is 0 Å². The van der Waals surface area contributed by atoms with Gasteiger partial charge in [-0.05, 0) is 48.6 Å². The topological polar surface area (TPSA) is 55.4 Å². The Kier molecular flexibility index (Phi) is 5.42. The first-order chi connectivity index (χ1) is 11.4. The molecule has 6 heteroatoms. The lowest BCUT2D eigenvalue weighted by Gasteiger charge is -2.09. The van der Waals surface area contributed by atoms with E-state index in [2.05, 4.69) is 5.32 Å². The molecule has 0 saturated heterocycles.